The van der Waals surface area contributed by atoms with Gasteiger partial charge in [-0.05, 0) is 6.07 Å². The molecule has 8 heteroatoms. The summed E-state index contributed by atoms with van der Waals surface area (Å²) in [5.41, 5.74) is 6.22. The maximum absolute atomic E-state index is 12.4. The first kappa shape index (κ1) is 16.5. The summed E-state index contributed by atoms with van der Waals surface area (Å²) in [4.78, 5) is 12.4. The molecule has 0 aliphatic heterocycles. The molecule has 0 fully saturated rings. The highest BCUT2D eigenvalue weighted by Gasteiger charge is 2.21. The minimum atomic E-state index is -0.379. The van der Waals surface area contributed by atoms with E-state index in [1.54, 1.807) is 0 Å². The van der Waals surface area contributed by atoms with Crippen LogP contribution in [0.4, 0.5) is 10.8 Å². The molecule has 2 aromatic rings. The van der Waals surface area contributed by atoms with Gasteiger partial charge < -0.3 is 10.5 Å². The Morgan fingerprint density at radius 1 is 1.36 bits per heavy atom. The topological polar surface area (TPSA) is 90.1 Å². The Balaban J connectivity index is 2.26. The minimum absolute atomic E-state index is 0.122. The maximum atomic E-state index is 12.4. The van der Waals surface area contributed by atoms with E-state index in [1.807, 2.05) is 20.8 Å². The van der Waals surface area contributed by atoms with E-state index in [0.717, 1.165) is 5.01 Å². The predicted molar refractivity (Wildman–Crippen MR) is 89.0 cm³/mol. The molecule has 1 aromatic heterocycles. The first-order valence-electron chi connectivity index (χ1n) is 6.50. The highest BCUT2D eigenvalue weighted by atomic mass is 35.5. The number of carbonyl (C=O) groups is 1. The number of nitrogens with two attached hydrogens (primary N) is 1. The van der Waals surface area contributed by atoms with Gasteiger partial charge in [0.1, 0.15) is 10.8 Å². The molecule has 6 nitrogen and oxygen atoms in total. The molecule has 0 aliphatic carbocycles. The Kier molecular flexibility index (Phi) is 4.58. The van der Waals surface area contributed by atoms with Crippen molar-refractivity contribution in [3.8, 4) is 5.75 Å². The third kappa shape index (κ3) is 3.48. The van der Waals surface area contributed by atoms with Crippen LogP contribution in [0, 0.1) is 0 Å². The van der Waals surface area contributed by atoms with Crippen molar-refractivity contribution < 1.29 is 9.53 Å². The molecule has 0 unspecified atom stereocenters. The van der Waals surface area contributed by atoms with Crippen LogP contribution in [0.25, 0.3) is 0 Å². The van der Waals surface area contributed by atoms with Gasteiger partial charge in [0, 0.05) is 11.5 Å². The molecule has 0 saturated carbocycles. The molecule has 1 aromatic carbocycles. The summed E-state index contributed by atoms with van der Waals surface area (Å²) in [5, 5.41) is 12.3. The number of methoxy groups -OCH3 is 1. The van der Waals surface area contributed by atoms with Gasteiger partial charge in [-0.1, -0.05) is 43.7 Å². The molecule has 0 bridgehead atoms. The summed E-state index contributed by atoms with van der Waals surface area (Å²) >= 11 is 7.30. The summed E-state index contributed by atoms with van der Waals surface area (Å²) in [6.45, 7) is 6.09. The smallest absolute Gasteiger partial charge is 0.261 e. The third-order valence-corrected chi connectivity index (χ3v) is 4.44. The number of amides is 1. The molecule has 118 valence electrons. The molecular weight excluding hydrogens is 324 g/mol. The van der Waals surface area contributed by atoms with Gasteiger partial charge in [-0.25, -0.2) is 0 Å². The molecule has 22 heavy (non-hydrogen) atoms. The van der Waals surface area contributed by atoms with Crippen LogP contribution in [0.1, 0.15) is 36.1 Å². The lowest BCUT2D eigenvalue weighted by molar-refractivity contribution is 0.102. The molecule has 2 rings (SSSR count). The van der Waals surface area contributed by atoms with Crippen LogP contribution in [-0.4, -0.2) is 23.2 Å². The Hall–Kier alpha value is -1.86. The number of hydrogen-bond acceptors (Lipinski definition) is 6. The summed E-state index contributed by atoms with van der Waals surface area (Å²) in [6, 6.07) is 2.98. The van der Waals surface area contributed by atoms with E-state index < -0.39 is 0 Å². The minimum Gasteiger partial charge on any atom is -0.496 e. The molecule has 1 heterocycles. The van der Waals surface area contributed by atoms with Gasteiger partial charge in [0.2, 0.25) is 5.13 Å². The van der Waals surface area contributed by atoms with Crippen LogP contribution >= 0.6 is 22.9 Å². The van der Waals surface area contributed by atoms with Crippen LogP contribution in [0.5, 0.6) is 5.75 Å². The predicted octanol–water partition coefficient (Wildman–Crippen LogP) is 3.33. The molecule has 0 aliphatic rings. The normalized spacial score (nSPS) is 11.3. The molecule has 1 amide bonds. The van der Waals surface area contributed by atoms with Crippen LogP contribution in [0.15, 0.2) is 12.1 Å². The van der Waals surface area contributed by atoms with Crippen molar-refractivity contribution in [3.63, 3.8) is 0 Å². The zero-order chi connectivity index (χ0) is 16.5. The SMILES string of the molecule is COc1cc(N)c(Cl)cc1C(=O)Nc1nnc(C(C)(C)C)s1. The first-order chi connectivity index (χ1) is 10.2. The van der Waals surface area contributed by atoms with Crippen LogP contribution < -0.4 is 15.8 Å². The second-order valence-corrected chi connectivity index (χ2v) is 7.08. The average molecular weight is 341 g/mol. The van der Waals surface area contributed by atoms with Crippen LogP contribution in [0.2, 0.25) is 5.02 Å². The second-order valence-electron chi connectivity index (χ2n) is 5.69. The standard InChI is InChI=1S/C14H17ClN4O2S/c1-14(2,3)12-18-19-13(22-12)17-11(20)7-5-8(15)9(16)6-10(7)21-4/h5-6H,16H2,1-4H3,(H,17,19,20). The lowest BCUT2D eigenvalue weighted by Gasteiger charge is -2.12. The van der Waals surface area contributed by atoms with E-state index in [-0.39, 0.29) is 16.9 Å². The molecule has 0 saturated heterocycles. The number of aromatic nitrogens is 2. The average Bonchev–Trinajstić information content (AvgIpc) is 2.89. The van der Waals surface area contributed by atoms with E-state index in [2.05, 4.69) is 15.5 Å². The number of carbonyl (C=O) groups excluding carboxylic acids is 1. The highest BCUT2D eigenvalue weighted by Crippen LogP contribution is 2.31. The van der Waals surface area contributed by atoms with Crippen molar-refractivity contribution in [1.29, 1.82) is 0 Å². The van der Waals surface area contributed by atoms with Crippen molar-refractivity contribution in [2.75, 3.05) is 18.2 Å². The molecule has 3 N–H and O–H groups in total. The monoisotopic (exact) mass is 340 g/mol. The first-order valence-corrected chi connectivity index (χ1v) is 7.70. The number of nitrogens with one attached hydrogen (secondary N) is 1. The van der Waals surface area contributed by atoms with E-state index >= 15 is 0 Å². The van der Waals surface area contributed by atoms with E-state index in [1.165, 1.54) is 30.6 Å². The van der Waals surface area contributed by atoms with Gasteiger partial charge >= 0.3 is 0 Å². The van der Waals surface area contributed by atoms with E-state index in [4.69, 9.17) is 22.1 Å². The number of hydrogen-bond donors (Lipinski definition) is 2. The Bertz CT molecular complexity index is 709. The largest absolute Gasteiger partial charge is 0.496 e. The Morgan fingerprint density at radius 3 is 2.59 bits per heavy atom. The van der Waals surface area contributed by atoms with E-state index in [0.29, 0.717) is 21.6 Å². The molecule has 0 atom stereocenters. The lowest BCUT2D eigenvalue weighted by Crippen LogP contribution is -2.13. The third-order valence-electron chi connectivity index (χ3n) is 2.85. The fourth-order valence-corrected chi connectivity index (χ4v) is 2.62. The number of anilines is 2. The Labute approximate surface area is 137 Å². The van der Waals surface area contributed by atoms with Crippen molar-refractivity contribution >= 4 is 39.7 Å². The van der Waals surface area contributed by atoms with Crippen molar-refractivity contribution in [2.45, 2.75) is 26.2 Å². The second kappa shape index (κ2) is 6.10. The van der Waals surface area contributed by atoms with Crippen molar-refractivity contribution in [2.24, 2.45) is 0 Å². The van der Waals surface area contributed by atoms with Crippen molar-refractivity contribution in [3.05, 3.63) is 27.7 Å². The van der Waals surface area contributed by atoms with Crippen LogP contribution in [-0.2, 0) is 5.41 Å². The number of ether oxygens (including phenoxy) is 1. The maximum Gasteiger partial charge on any atom is 0.261 e. The molecular formula is C14H17ClN4O2S. The number of nitrogens with zero attached hydrogens (tertiary/aromatic N) is 2. The van der Waals surface area contributed by atoms with Gasteiger partial charge in [0.25, 0.3) is 5.91 Å². The number of nitrogen functional groups attached to an aromatic ring is 1. The zero-order valence-electron chi connectivity index (χ0n) is 12.7. The summed E-state index contributed by atoms with van der Waals surface area (Å²) in [6.07, 6.45) is 0. The van der Waals surface area contributed by atoms with Gasteiger partial charge in [-0.2, -0.15) is 0 Å². The summed E-state index contributed by atoms with van der Waals surface area (Å²) in [7, 11) is 1.46. The van der Waals surface area contributed by atoms with Crippen molar-refractivity contribution in [1.82, 2.24) is 10.2 Å². The van der Waals surface area contributed by atoms with Gasteiger partial charge in [-0.15, -0.1) is 10.2 Å². The van der Waals surface area contributed by atoms with Gasteiger partial charge in [0.15, 0.2) is 0 Å². The zero-order valence-corrected chi connectivity index (χ0v) is 14.3. The number of halogens is 1. The Morgan fingerprint density at radius 2 is 2.05 bits per heavy atom. The quantitative estimate of drug-likeness (QED) is 0.836. The van der Waals surface area contributed by atoms with Gasteiger partial charge in [0.05, 0.1) is 23.4 Å². The number of rotatable bonds is 3. The summed E-state index contributed by atoms with van der Waals surface area (Å²) < 4.78 is 5.17. The fourth-order valence-electron chi connectivity index (χ4n) is 1.66. The van der Waals surface area contributed by atoms with E-state index in [9.17, 15) is 4.79 Å². The molecule has 0 radical (unpaired) electrons. The lowest BCUT2D eigenvalue weighted by atomic mass is 9.98. The summed E-state index contributed by atoms with van der Waals surface area (Å²) in [5.74, 6) is -0.0321. The van der Waals surface area contributed by atoms with Gasteiger partial charge in [-0.3, -0.25) is 10.1 Å². The fraction of sp³-hybridized carbons (Fsp3) is 0.357. The number of benzene rings is 1. The highest BCUT2D eigenvalue weighted by molar-refractivity contribution is 7.15. The molecule has 0 spiro atoms. The van der Waals surface area contributed by atoms with Crippen LogP contribution in [0.3, 0.4) is 0 Å².